The van der Waals surface area contributed by atoms with Crippen molar-refractivity contribution in [2.75, 3.05) is 19.1 Å². The summed E-state index contributed by atoms with van der Waals surface area (Å²) in [5, 5.41) is 1.13. The van der Waals surface area contributed by atoms with E-state index in [1.165, 1.54) is 0 Å². The van der Waals surface area contributed by atoms with E-state index in [1.807, 2.05) is 18.2 Å². The molecule has 2 heterocycles. The lowest BCUT2D eigenvalue weighted by atomic mass is 10.1. The number of pyridine rings is 1. The number of nitrogens with zero attached hydrogens (tertiary/aromatic N) is 2. The zero-order valence-electron chi connectivity index (χ0n) is 12.5. The molecule has 2 atom stereocenters. The first-order valence-corrected chi connectivity index (χ1v) is 7.36. The van der Waals surface area contributed by atoms with Crippen molar-refractivity contribution >= 4 is 16.7 Å². The standard InChI is InChI=1S/C16H22N4O/c1-11-15(7-8-21-11)20(2)10-13-9-12-5-3-4-6-14(12)18-16(13)19-17/h3-6,9,11,15H,7-8,10,17H2,1-2H3,(H,18,19). The molecule has 0 bridgehead atoms. The molecule has 3 N–H and O–H groups in total. The Morgan fingerprint density at radius 3 is 2.95 bits per heavy atom. The zero-order valence-corrected chi connectivity index (χ0v) is 12.5. The van der Waals surface area contributed by atoms with Crippen molar-refractivity contribution in [3.8, 4) is 0 Å². The monoisotopic (exact) mass is 286 g/mol. The van der Waals surface area contributed by atoms with Crippen molar-refractivity contribution in [3.05, 3.63) is 35.9 Å². The number of anilines is 1. The zero-order chi connectivity index (χ0) is 14.8. The summed E-state index contributed by atoms with van der Waals surface area (Å²) in [6, 6.07) is 10.7. The summed E-state index contributed by atoms with van der Waals surface area (Å²) in [5.41, 5.74) is 4.79. The van der Waals surface area contributed by atoms with E-state index < -0.39 is 0 Å². The van der Waals surface area contributed by atoms with Crippen LogP contribution < -0.4 is 11.3 Å². The third-order valence-corrected chi connectivity index (χ3v) is 4.26. The number of hydrogen-bond acceptors (Lipinski definition) is 5. The minimum absolute atomic E-state index is 0.276. The van der Waals surface area contributed by atoms with Crippen molar-refractivity contribution in [2.45, 2.75) is 32.0 Å². The first-order chi connectivity index (χ1) is 10.2. The molecule has 0 amide bonds. The predicted molar refractivity (Wildman–Crippen MR) is 84.8 cm³/mol. The lowest BCUT2D eigenvalue weighted by Crippen LogP contribution is -2.36. The Bertz CT molecular complexity index is 631. The third kappa shape index (κ3) is 2.85. The highest BCUT2D eigenvalue weighted by atomic mass is 16.5. The number of aromatic nitrogens is 1. The Morgan fingerprint density at radius 1 is 1.43 bits per heavy atom. The van der Waals surface area contributed by atoms with Gasteiger partial charge in [-0.2, -0.15) is 0 Å². The molecular weight excluding hydrogens is 264 g/mol. The van der Waals surface area contributed by atoms with E-state index in [9.17, 15) is 0 Å². The summed E-state index contributed by atoms with van der Waals surface area (Å²) in [5.74, 6) is 6.39. The second-order valence-electron chi connectivity index (χ2n) is 5.68. The molecule has 1 aromatic carbocycles. The van der Waals surface area contributed by atoms with Crippen LogP contribution in [-0.4, -0.2) is 35.7 Å². The lowest BCUT2D eigenvalue weighted by molar-refractivity contribution is 0.0815. The van der Waals surface area contributed by atoms with Crippen molar-refractivity contribution < 1.29 is 4.74 Å². The van der Waals surface area contributed by atoms with Gasteiger partial charge in [0.15, 0.2) is 0 Å². The number of ether oxygens (including phenoxy) is 1. The molecule has 3 rings (SSSR count). The molecule has 1 aliphatic heterocycles. The fraction of sp³-hybridized carbons (Fsp3) is 0.438. The average Bonchev–Trinajstić information content (AvgIpc) is 2.92. The smallest absolute Gasteiger partial charge is 0.145 e. The number of hydrazine groups is 1. The van der Waals surface area contributed by atoms with Crippen LogP contribution in [0.2, 0.25) is 0 Å². The first kappa shape index (κ1) is 14.3. The van der Waals surface area contributed by atoms with Crippen LogP contribution in [-0.2, 0) is 11.3 Å². The van der Waals surface area contributed by atoms with E-state index in [4.69, 9.17) is 10.6 Å². The number of rotatable bonds is 4. The molecule has 21 heavy (non-hydrogen) atoms. The summed E-state index contributed by atoms with van der Waals surface area (Å²) in [6.45, 7) is 3.78. The Hall–Kier alpha value is -1.69. The van der Waals surface area contributed by atoms with Gasteiger partial charge in [0.2, 0.25) is 0 Å². The van der Waals surface area contributed by atoms with E-state index in [0.29, 0.717) is 6.04 Å². The van der Waals surface area contributed by atoms with Gasteiger partial charge in [-0.25, -0.2) is 10.8 Å². The maximum absolute atomic E-state index is 5.65. The molecule has 2 unspecified atom stereocenters. The summed E-state index contributed by atoms with van der Waals surface area (Å²) < 4.78 is 5.65. The normalized spacial score (nSPS) is 22.1. The summed E-state index contributed by atoms with van der Waals surface area (Å²) in [4.78, 5) is 6.92. The number of nitrogen functional groups attached to an aromatic ring is 1. The fourth-order valence-corrected chi connectivity index (χ4v) is 3.09. The van der Waals surface area contributed by atoms with Gasteiger partial charge in [-0.15, -0.1) is 0 Å². The maximum atomic E-state index is 5.65. The van der Waals surface area contributed by atoms with Gasteiger partial charge in [0.1, 0.15) is 5.82 Å². The fourth-order valence-electron chi connectivity index (χ4n) is 3.09. The van der Waals surface area contributed by atoms with Crippen LogP contribution >= 0.6 is 0 Å². The van der Waals surface area contributed by atoms with Crippen LogP contribution in [0.1, 0.15) is 18.9 Å². The summed E-state index contributed by atoms with van der Waals surface area (Å²) >= 11 is 0. The minimum Gasteiger partial charge on any atom is -0.377 e. The lowest BCUT2D eigenvalue weighted by Gasteiger charge is -2.27. The number of fused-ring (bicyclic) bond motifs is 1. The van der Waals surface area contributed by atoms with Crippen LogP contribution in [0.4, 0.5) is 5.82 Å². The molecule has 1 saturated heterocycles. The molecule has 0 saturated carbocycles. The summed E-state index contributed by atoms with van der Waals surface area (Å²) in [7, 11) is 2.13. The molecule has 112 valence electrons. The Balaban J connectivity index is 1.88. The number of nitrogens with two attached hydrogens (primary N) is 1. The van der Waals surface area contributed by atoms with Crippen molar-refractivity contribution in [1.82, 2.24) is 9.88 Å². The molecular formula is C16H22N4O. The van der Waals surface area contributed by atoms with E-state index in [2.05, 4.69) is 41.4 Å². The van der Waals surface area contributed by atoms with Gasteiger partial charge in [-0.1, -0.05) is 18.2 Å². The van der Waals surface area contributed by atoms with E-state index in [1.54, 1.807) is 0 Å². The van der Waals surface area contributed by atoms with Crippen LogP contribution in [0.25, 0.3) is 10.9 Å². The van der Waals surface area contributed by atoms with Crippen LogP contribution in [0, 0.1) is 0 Å². The molecule has 1 fully saturated rings. The second kappa shape index (κ2) is 5.97. The minimum atomic E-state index is 0.276. The Kier molecular flexibility index (Phi) is 4.05. The van der Waals surface area contributed by atoms with Gasteiger partial charge in [0.05, 0.1) is 11.6 Å². The van der Waals surface area contributed by atoms with E-state index >= 15 is 0 Å². The van der Waals surface area contributed by atoms with Crippen LogP contribution in [0.15, 0.2) is 30.3 Å². The Labute approximate surface area is 125 Å². The molecule has 0 aliphatic carbocycles. The predicted octanol–water partition coefficient (Wildman–Crippen LogP) is 2.13. The van der Waals surface area contributed by atoms with Crippen LogP contribution in [0.3, 0.4) is 0 Å². The van der Waals surface area contributed by atoms with Gasteiger partial charge in [-0.3, -0.25) is 4.90 Å². The highest BCUT2D eigenvalue weighted by molar-refractivity contribution is 5.81. The van der Waals surface area contributed by atoms with Gasteiger partial charge >= 0.3 is 0 Å². The number of nitrogens with one attached hydrogen (secondary N) is 1. The number of para-hydroxylation sites is 1. The van der Waals surface area contributed by atoms with Gasteiger partial charge in [-0.05, 0) is 32.5 Å². The highest BCUT2D eigenvalue weighted by Gasteiger charge is 2.28. The molecule has 0 radical (unpaired) electrons. The van der Waals surface area contributed by atoms with Gasteiger partial charge in [0.25, 0.3) is 0 Å². The summed E-state index contributed by atoms with van der Waals surface area (Å²) in [6.07, 6.45) is 1.35. The Morgan fingerprint density at radius 2 is 2.24 bits per heavy atom. The van der Waals surface area contributed by atoms with E-state index in [0.717, 1.165) is 41.9 Å². The van der Waals surface area contributed by atoms with Crippen LogP contribution in [0.5, 0.6) is 0 Å². The van der Waals surface area contributed by atoms with E-state index in [-0.39, 0.29) is 6.10 Å². The van der Waals surface area contributed by atoms with Crippen molar-refractivity contribution in [3.63, 3.8) is 0 Å². The third-order valence-electron chi connectivity index (χ3n) is 4.26. The first-order valence-electron chi connectivity index (χ1n) is 7.36. The topological polar surface area (TPSA) is 63.4 Å². The maximum Gasteiger partial charge on any atom is 0.145 e. The molecule has 5 nitrogen and oxygen atoms in total. The number of hydrogen-bond donors (Lipinski definition) is 2. The number of benzene rings is 1. The largest absolute Gasteiger partial charge is 0.377 e. The van der Waals surface area contributed by atoms with Crippen molar-refractivity contribution in [2.24, 2.45) is 5.84 Å². The van der Waals surface area contributed by atoms with Crippen molar-refractivity contribution in [1.29, 1.82) is 0 Å². The quantitative estimate of drug-likeness (QED) is 0.666. The average molecular weight is 286 g/mol. The molecule has 0 spiro atoms. The highest BCUT2D eigenvalue weighted by Crippen LogP contribution is 2.24. The molecule has 5 heteroatoms. The second-order valence-corrected chi connectivity index (χ2v) is 5.68. The van der Waals surface area contributed by atoms with Gasteiger partial charge < -0.3 is 10.2 Å². The number of likely N-dealkylation sites (N-methyl/N-ethyl adjacent to an activating group) is 1. The molecule has 2 aromatic rings. The SMILES string of the molecule is CC1OCCC1N(C)Cc1cc2ccccc2nc1NN. The molecule has 1 aromatic heterocycles. The molecule has 1 aliphatic rings. The van der Waals surface area contributed by atoms with Gasteiger partial charge in [0, 0.05) is 30.1 Å².